The molecule has 1 aromatic heterocycles. The molecule has 1 aliphatic rings. The molecule has 0 bridgehead atoms. The molecule has 1 aromatic rings. The van der Waals surface area contributed by atoms with Crippen molar-refractivity contribution in [3.8, 4) is 0 Å². The summed E-state index contributed by atoms with van der Waals surface area (Å²) in [5.74, 6) is -0.243. The first-order valence-electron chi connectivity index (χ1n) is 6.76. The number of hydrogen-bond acceptors (Lipinski definition) is 4. The van der Waals surface area contributed by atoms with Crippen molar-refractivity contribution in [2.24, 2.45) is 13.0 Å². The maximum absolute atomic E-state index is 10.5. The van der Waals surface area contributed by atoms with E-state index in [0.29, 0.717) is 5.92 Å². The third kappa shape index (κ3) is 4.65. The Kier molecular flexibility index (Phi) is 4.93. The zero-order valence-corrected chi connectivity index (χ0v) is 11.4. The van der Waals surface area contributed by atoms with Crippen molar-refractivity contribution in [2.75, 3.05) is 26.2 Å². The third-order valence-corrected chi connectivity index (χ3v) is 3.48. The van der Waals surface area contributed by atoms with E-state index in [0.717, 1.165) is 26.2 Å². The van der Waals surface area contributed by atoms with E-state index in [2.05, 4.69) is 15.3 Å². The number of rotatable bonds is 6. The molecule has 19 heavy (non-hydrogen) atoms. The van der Waals surface area contributed by atoms with Gasteiger partial charge in [-0.15, -0.1) is 0 Å². The van der Waals surface area contributed by atoms with Crippen LogP contribution in [0.5, 0.6) is 0 Å². The van der Waals surface area contributed by atoms with Gasteiger partial charge in [-0.05, 0) is 31.8 Å². The summed E-state index contributed by atoms with van der Waals surface area (Å²) in [5.41, 5.74) is 1.24. The summed E-state index contributed by atoms with van der Waals surface area (Å²) in [4.78, 5) is 12.9. The van der Waals surface area contributed by atoms with Crippen molar-refractivity contribution < 1.29 is 9.90 Å². The maximum atomic E-state index is 10.5. The monoisotopic (exact) mass is 266 g/mol. The lowest BCUT2D eigenvalue weighted by Crippen LogP contribution is -2.40. The van der Waals surface area contributed by atoms with Crippen molar-refractivity contribution >= 4 is 5.97 Å². The molecule has 6 nitrogen and oxygen atoms in total. The average molecular weight is 266 g/mol. The molecule has 0 spiro atoms. The largest absolute Gasteiger partial charge is 0.480 e. The highest BCUT2D eigenvalue weighted by Gasteiger charge is 2.20. The smallest absolute Gasteiger partial charge is 0.317 e. The molecule has 2 heterocycles. The fourth-order valence-electron chi connectivity index (χ4n) is 2.66. The maximum Gasteiger partial charge on any atom is 0.317 e. The zero-order valence-electron chi connectivity index (χ0n) is 11.4. The van der Waals surface area contributed by atoms with Gasteiger partial charge in [0.05, 0.1) is 12.7 Å². The van der Waals surface area contributed by atoms with Crippen LogP contribution in [0, 0.1) is 5.92 Å². The van der Waals surface area contributed by atoms with E-state index in [-0.39, 0.29) is 6.54 Å². The van der Waals surface area contributed by atoms with E-state index in [1.807, 2.05) is 24.1 Å². The SMILES string of the molecule is Cn1cc(CN2CCCC(CNCC(=O)O)C2)cn1. The Labute approximate surface area is 113 Å². The molecule has 1 aliphatic heterocycles. The molecule has 0 aromatic carbocycles. The highest BCUT2D eigenvalue weighted by molar-refractivity contribution is 5.68. The lowest BCUT2D eigenvalue weighted by atomic mass is 9.97. The van der Waals surface area contributed by atoms with Crippen molar-refractivity contribution in [1.82, 2.24) is 20.0 Å². The van der Waals surface area contributed by atoms with Crippen molar-refractivity contribution in [2.45, 2.75) is 19.4 Å². The van der Waals surface area contributed by atoms with Crippen molar-refractivity contribution in [3.63, 3.8) is 0 Å². The Balaban J connectivity index is 1.75. The van der Waals surface area contributed by atoms with Crippen molar-refractivity contribution in [3.05, 3.63) is 18.0 Å². The van der Waals surface area contributed by atoms with Crippen LogP contribution >= 0.6 is 0 Å². The lowest BCUT2D eigenvalue weighted by Gasteiger charge is -2.32. The molecular weight excluding hydrogens is 244 g/mol. The van der Waals surface area contributed by atoms with Crippen LogP contribution < -0.4 is 5.32 Å². The minimum absolute atomic E-state index is 0.0547. The van der Waals surface area contributed by atoms with Crippen LogP contribution in [-0.2, 0) is 18.4 Å². The molecule has 2 N–H and O–H groups in total. The Hall–Kier alpha value is -1.40. The molecule has 0 radical (unpaired) electrons. The second-order valence-electron chi connectivity index (χ2n) is 5.29. The van der Waals surface area contributed by atoms with Crippen LogP contribution in [0.15, 0.2) is 12.4 Å². The first-order chi connectivity index (χ1) is 9.13. The summed E-state index contributed by atoms with van der Waals surface area (Å²) in [7, 11) is 1.93. The number of carbonyl (C=O) groups is 1. The molecule has 1 atom stereocenters. The highest BCUT2D eigenvalue weighted by atomic mass is 16.4. The Morgan fingerprint density at radius 1 is 1.63 bits per heavy atom. The van der Waals surface area contributed by atoms with E-state index in [1.54, 1.807) is 0 Å². The van der Waals surface area contributed by atoms with E-state index in [4.69, 9.17) is 5.11 Å². The Bertz CT molecular complexity index is 419. The molecule has 0 saturated carbocycles. The molecule has 6 heteroatoms. The highest BCUT2D eigenvalue weighted by Crippen LogP contribution is 2.17. The molecule has 0 aliphatic carbocycles. The number of aryl methyl sites for hydroxylation is 1. The number of nitrogens with zero attached hydrogens (tertiary/aromatic N) is 3. The number of aliphatic carboxylic acids is 1. The molecular formula is C13H22N4O2. The molecule has 1 saturated heterocycles. The topological polar surface area (TPSA) is 70.4 Å². The van der Waals surface area contributed by atoms with E-state index < -0.39 is 5.97 Å². The number of nitrogens with one attached hydrogen (secondary N) is 1. The van der Waals surface area contributed by atoms with Gasteiger partial charge in [-0.25, -0.2) is 0 Å². The first kappa shape index (κ1) is 14.0. The fraction of sp³-hybridized carbons (Fsp3) is 0.692. The van der Waals surface area contributed by atoms with Crippen LogP contribution in [0.2, 0.25) is 0 Å². The molecule has 106 valence electrons. The number of likely N-dealkylation sites (tertiary alicyclic amines) is 1. The van der Waals surface area contributed by atoms with Gasteiger partial charge in [0, 0.05) is 31.9 Å². The van der Waals surface area contributed by atoms with Gasteiger partial charge < -0.3 is 10.4 Å². The van der Waals surface area contributed by atoms with Crippen LogP contribution in [-0.4, -0.2) is 51.9 Å². The van der Waals surface area contributed by atoms with Gasteiger partial charge in [0.25, 0.3) is 0 Å². The number of aromatic nitrogens is 2. The summed E-state index contributed by atoms with van der Waals surface area (Å²) in [5, 5.41) is 15.8. The minimum Gasteiger partial charge on any atom is -0.480 e. The van der Waals surface area contributed by atoms with Crippen LogP contribution in [0.25, 0.3) is 0 Å². The van der Waals surface area contributed by atoms with Crippen LogP contribution in [0.4, 0.5) is 0 Å². The number of carboxylic acid groups (broad SMARTS) is 1. The Morgan fingerprint density at radius 2 is 2.47 bits per heavy atom. The molecule has 2 rings (SSSR count). The predicted octanol–water partition coefficient (Wildman–Crippen LogP) is 0.306. The normalized spacial score (nSPS) is 20.6. The molecule has 0 amide bonds. The fourth-order valence-corrected chi connectivity index (χ4v) is 2.66. The van der Waals surface area contributed by atoms with Gasteiger partial charge >= 0.3 is 5.97 Å². The quantitative estimate of drug-likeness (QED) is 0.775. The van der Waals surface area contributed by atoms with Gasteiger partial charge in [0.1, 0.15) is 0 Å². The summed E-state index contributed by atoms with van der Waals surface area (Å²) in [6.07, 6.45) is 6.31. The summed E-state index contributed by atoms with van der Waals surface area (Å²) in [6.45, 7) is 3.92. The number of hydrogen-bond donors (Lipinski definition) is 2. The van der Waals surface area contributed by atoms with Gasteiger partial charge in [0.2, 0.25) is 0 Å². The summed E-state index contributed by atoms with van der Waals surface area (Å²) >= 11 is 0. The van der Waals surface area contributed by atoms with E-state index in [9.17, 15) is 4.79 Å². The second kappa shape index (κ2) is 6.68. The van der Waals surface area contributed by atoms with Gasteiger partial charge in [-0.2, -0.15) is 5.10 Å². The third-order valence-electron chi connectivity index (χ3n) is 3.48. The average Bonchev–Trinajstić information content (AvgIpc) is 2.75. The number of carboxylic acids is 1. The first-order valence-corrected chi connectivity index (χ1v) is 6.76. The van der Waals surface area contributed by atoms with E-state index in [1.165, 1.54) is 18.4 Å². The lowest BCUT2D eigenvalue weighted by molar-refractivity contribution is -0.136. The number of piperidine rings is 1. The van der Waals surface area contributed by atoms with Gasteiger partial charge in [-0.1, -0.05) is 0 Å². The van der Waals surface area contributed by atoms with Gasteiger partial charge in [0.15, 0.2) is 0 Å². The van der Waals surface area contributed by atoms with E-state index >= 15 is 0 Å². The minimum atomic E-state index is -0.789. The summed E-state index contributed by atoms with van der Waals surface area (Å²) < 4.78 is 1.82. The summed E-state index contributed by atoms with van der Waals surface area (Å²) in [6, 6.07) is 0. The van der Waals surface area contributed by atoms with Crippen LogP contribution in [0.1, 0.15) is 18.4 Å². The molecule has 1 fully saturated rings. The standard InChI is InChI=1S/C13H22N4O2/c1-16-8-12(6-15-16)10-17-4-2-3-11(9-17)5-14-7-13(18)19/h6,8,11,14H,2-5,7,9-10H2,1H3,(H,18,19). The zero-order chi connectivity index (χ0) is 13.7. The Morgan fingerprint density at radius 3 is 3.16 bits per heavy atom. The van der Waals surface area contributed by atoms with Gasteiger partial charge in [-0.3, -0.25) is 14.4 Å². The molecule has 1 unspecified atom stereocenters. The second-order valence-corrected chi connectivity index (χ2v) is 5.29. The predicted molar refractivity (Wildman–Crippen MR) is 71.7 cm³/mol. The van der Waals surface area contributed by atoms with Crippen LogP contribution in [0.3, 0.4) is 0 Å². The van der Waals surface area contributed by atoms with Crippen molar-refractivity contribution in [1.29, 1.82) is 0 Å².